The molecule has 1 saturated heterocycles. The highest BCUT2D eigenvalue weighted by Gasteiger charge is 2.40. The van der Waals surface area contributed by atoms with Crippen molar-refractivity contribution in [3.05, 3.63) is 0 Å². The molecule has 0 bridgehead atoms. The lowest BCUT2D eigenvalue weighted by molar-refractivity contribution is -0.144. The zero-order valence-electron chi connectivity index (χ0n) is 27.9. The number of carboxylic acid groups (broad SMARTS) is 1. The summed E-state index contributed by atoms with van der Waals surface area (Å²) >= 11 is 0. The number of aliphatic carboxylic acids is 1. The van der Waals surface area contributed by atoms with Gasteiger partial charge < -0.3 is 64.4 Å². The molecule has 1 fully saturated rings. The van der Waals surface area contributed by atoms with Crippen LogP contribution in [0.1, 0.15) is 77.6 Å². The molecule has 0 aromatic heterocycles. The van der Waals surface area contributed by atoms with Crippen molar-refractivity contribution in [2.45, 2.75) is 120 Å². The van der Waals surface area contributed by atoms with E-state index in [1.165, 1.54) is 11.8 Å². The summed E-state index contributed by atoms with van der Waals surface area (Å²) in [6.45, 7) is 1.76. The summed E-state index contributed by atoms with van der Waals surface area (Å²) in [6, 6.07) is -7.29. The number of unbranched alkanes of at least 4 members (excludes halogenated alkanes) is 3. The Kier molecular flexibility index (Phi) is 20.4. The van der Waals surface area contributed by atoms with Crippen molar-refractivity contribution in [1.29, 1.82) is 0 Å². The van der Waals surface area contributed by atoms with Crippen LogP contribution in [0.2, 0.25) is 0 Å². The van der Waals surface area contributed by atoms with E-state index in [0.29, 0.717) is 71.0 Å². The highest BCUT2D eigenvalue weighted by molar-refractivity contribution is 5.96. The maximum atomic E-state index is 13.5. The van der Waals surface area contributed by atoms with Crippen LogP contribution in [0.3, 0.4) is 0 Å². The van der Waals surface area contributed by atoms with E-state index in [1.54, 1.807) is 0 Å². The van der Waals surface area contributed by atoms with Crippen molar-refractivity contribution in [2.75, 3.05) is 32.8 Å². The zero-order chi connectivity index (χ0) is 36.2. The van der Waals surface area contributed by atoms with Gasteiger partial charge in [0, 0.05) is 6.54 Å². The molecule has 276 valence electrons. The van der Waals surface area contributed by atoms with Gasteiger partial charge in [0.25, 0.3) is 0 Å². The van der Waals surface area contributed by atoms with Crippen molar-refractivity contribution in [3.63, 3.8) is 0 Å². The Morgan fingerprint density at radius 1 is 0.750 bits per heavy atom. The van der Waals surface area contributed by atoms with E-state index < -0.39 is 84.5 Å². The molecule has 0 aromatic carbocycles. The molecule has 15 N–H and O–H groups in total. The average molecular weight is 688 g/mol. The minimum Gasteiger partial charge on any atom is -0.480 e. The number of nitrogens with two attached hydrogens (primary N) is 4. The molecular formula is C30H57N9O9. The molecular weight excluding hydrogens is 630 g/mol. The molecule has 48 heavy (non-hydrogen) atoms. The lowest BCUT2D eigenvalue weighted by atomic mass is 10.1. The first-order chi connectivity index (χ1) is 22.8. The number of aliphatic hydroxyl groups excluding tert-OH is 2. The third-order valence-electron chi connectivity index (χ3n) is 8.15. The predicted molar refractivity (Wildman–Crippen MR) is 176 cm³/mol. The van der Waals surface area contributed by atoms with E-state index in [1.807, 2.05) is 0 Å². The number of rotatable bonds is 24. The molecule has 7 atom stereocenters. The van der Waals surface area contributed by atoms with E-state index in [9.17, 15) is 44.1 Å². The first-order valence-corrected chi connectivity index (χ1v) is 16.7. The Labute approximate surface area is 281 Å². The van der Waals surface area contributed by atoms with Crippen LogP contribution in [0.5, 0.6) is 0 Å². The number of likely N-dealkylation sites (tertiary alicyclic amines) is 1. The fourth-order valence-corrected chi connectivity index (χ4v) is 5.29. The Bertz CT molecular complexity index is 1050. The SMILES string of the molecule is C[C@@H](O)[C@H](NC(=O)[C@@H](N)CCCCN)C(=O)N1CCC[C@H]1C(=O)N[C@@H](CCCCN)C(=O)N[C@@H](CO)C(=O)N[C@@H](CCCCN)C(=O)O. The molecule has 0 radical (unpaired) electrons. The second kappa shape index (κ2) is 23.0. The number of nitrogens with one attached hydrogen (secondary N) is 4. The van der Waals surface area contributed by atoms with Crippen LogP contribution in [-0.4, -0.2) is 131 Å². The summed E-state index contributed by atoms with van der Waals surface area (Å²) < 4.78 is 0. The van der Waals surface area contributed by atoms with Gasteiger partial charge in [-0.2, -0.15) is 0 Å². The molecule has 1 rings (SSSR count). The number of hydrogen-bond donors (Lipinski definition) is 11. The molecule has 1 aliphatic heterocycles. The number of carbonyl (C=O) groups excluding carboxylic acids is 5. The molecule has 0 saturated carbocycles. The van der Waals surface area contributed by atoms with Crippen LogP contribution < -0.4 is 44.2 Å². The van der Waals surface area contributed by atoms with Crippen LogP contribution in [0, 0.1) is 0 Å². The van der Waals surface area contributed by atoms with Crippen LogP contribution in [-0.2, 0) is 28.8 Å². The van der Waals surface area contributed by atoms with Gasteiger partial charge in [0.2, 0.25) is 29.5 Å². The number of amides is 5. The average Bonchev–Trinajstić information content (AvgIpc) is 3.55. The number of aliphatic hydroxyl groups is 2. The van der Waals surface area contributed by atoms with Gasteiger partial charge in [0.15, 0.2) is 0 Å². The van der Waals surface area contributed by atoms with E-state index >= 15 is 0 Å². The number of hydrogen-bond acceptors (Lipinski definition) is 12. The van der Waals surface area contributed by atoms with Gasteiger partial charge in [-0.25, -0.2) is 4.79 Å². The molecule has 0 spiro atoms. The van der Waals surface area contributed by atoms with E-state index in [4.69, 9.17) is 22.9 Å². The molecule has 0 aromatic rings. The number of carbonyl (C=O) groups is 6. The molecule has 1 aliphatic rings. The van der Waals surface area contributed by atoms with Gasteiger partial charge in [-0.3, -0.25) is 24.0 Å². The highest BCUT2D eigenvalue weighted by Crippen LogP contribution is 2.20. The first kappa shape index (κ1) is 42.6. The lowest BCUT2D eigenvalue weighted by Crippen LogP contribution is -2.60. The topological polar surface area (TPSA) is 319 Å². The Hall–Kier alpha value is -3.42. The van der Waals surface area contributed by atoms with Crippen molar-refractivity contribution in [2.24, 2.45) is 22.9 Å². The Balaban J connectivity index is 3.03. The molecule has 0 unspecified atom stereocenters. The summed E-state index contributed by atoms with van der Waals surface area (Å²) in [5.41, 5.74) is 22.5. The van der Waals surface area contributed by atoms with E-state index in [0.717, 1.165) is 0 Å². The summed E-state index contributed by atoms with van der Waals surface area (Å²) in [4.78, 5) is 78.7. The fraction of sp³-hybridized carbons (Fsp3) is 0.800. The smallest absolute Gasteiger partial charge is 0.326 e. The molecule has 18 heteroatoms. The van der Waals surface area contributed by atoms with Gasteiger partial charge in [0.1, 0.15) is 30.2 Å². The van der Waals surface area contributed by atoms with Gasteiger partial charge >= 0.3 is 5.97 Å². The number of nitrogens with zero attached hydrogens (tertiary/aromatic N) is 1. The zero-order valence-corrected chi connectivity index (χ0v) is 27.9. The van der Waals surface area contributed by atoms with Gasteiger partial charge in [0.05, 0.1) is 18.8 Å². The van der Waals surface area contributed by atoms with E-state index in [2.05, 4.69) is 21.3 Å². The Morgan fingerprint density at radius 2 is 1.27 bits per heavy atom. The second-order valence-corrected chi connectivity index (χ2v) is 12.1. The van der Waals surface area contributed by atoms with Crippen molar-refractivity contribution in [1.82, 2.24) is 26.2 Å². The van der Waals surface area contributed by atoms with Crippen molar-refractivity contribution >= 4 is 35.5 Å². The Morgan fingerprint density at radius 3 is 1.79 bits per heavy atom. The first-order valence-electron chi connectivity index (χ1n) is 16.7. The maximum Gasteiger partial charge on any atom is 0.326 e. The largest absolute Gasteiger partial charge is 0.480 e. The minimum atomic E-state index is -1.51. The maximum absolute atomic E-state index is 13.5. The van der Waals surface area contributed by atoms with E-state index in [-0.39, 0.29) is 25.8 Å². The van der Waals surface area contributed by atoms with Crippen molar-refractivity contribution < 1.29 is 44.1 Å². The molecule has 18 nitrogen and oxygen atoms in total. The van der Waals surface area contributed by atoms with Gasteiger partial charge in [-0.15, -0.1) is 0 Å². The van der Waals surface area contributed by atoms with Crippen molar-refractivity contribution in [3.8, 4) is 0 Å². The quantitative estimate of drug-likeness (QED) is 0.0433. The van der Waals surface area contributed by atoms with Crippen LogP contribution in [0.4, 0.5) is 0 Å². The normalized spacial score (nSPS) is 18.1. The lowest BCUT2D eigenvalue weighted by Gasteiger charge is -2.31. The highest BCUT2D eigenvalue weighted by atomic mass is 16.4. The van der Waals surface area contributed by atoms with Crippen LogP contribution in [0.15, 0.2) is 0 Å². The predicted octanol–water partition coefficient (Wildman–Crippen LogP) is -3.91. The number of carboxylic acids is 1. The summed E-state index contributed by atoms with van der Waals surface area (Å²) in [5, 5.41) is 39.5. The molecule has 0 aliphatic carbocycles. The second-order valence-electron chi connectivity index (χ2n) is 12.1. The standard InChI is InChI=1S/C30H57N9O9/c1-18(41)24(38-25(42)19(34)9-2-5-13-31)29(46)39-16-8-12-23(39)28(45)35-20(10-3-6-14-32)26(43)37-22(17-40)27(44)36-21(30(47)48)11-4-7-15-33/h18-24,40-41H,2-17,31-34H2,1H3,(H,35,45)(H,36,44)(H,37,43)(H,38,42)(H,47,48)/t18-,19+,20+,21+,22+,23+,24+/m1/s1. The minimum absolute atomic E-state index is 0.0972. The monoisotopic (exact) mass is 687 g/mol. The summed E-state index contributed by atoms with van der Waals surface area (Å²) in [6.07, 6.45) is 3.12. The summed E-state index contributed by atoms with van der Waals surface area (Å²) in [5.74, 6) is -5.00. The third kappa shape index (κ3) is 14.4. The van der Waals surface area contributed by atoms with Crippen LogP contribution >= 0.6 is 0 Å². The molecule has 1 heterocycles. The fourth-order valence-electron chi connectivity index (χ4n) is 5.29. The molecule has 5 amide bonds. The third-order valence-corrected chi connectivity index (χ3v) is 8.15. The van der Waals surface area contributed by atoms with Crippen LogP contribution in [0.25, 0.3) is 0 Å². The summed E-state index contributed by atoms with van der Waals surface area (Å²) in [7, 11) is 0. The van der Waals surface area contributed by atoms with Gasteiger partial charge in [-0.05, 0) is 90.8 Å². The van der Waals surface area contributed by atoms with Gasteiger partial charge in [-0.1, -0.05) is 6.42 Å².